The first-order valence-corrected chi connectivity index (χ1v) is 10.6. The van der Waals surface area contributed by atoms with E-state index in [4.69, 9.17) is 0 Å². The highest BCUT2D eigenvalue weighted by molar-refractivity contribution is 5.68. The fraction of sp³-hybridized carbons (Fsp3) is 0.520. The third-order valence-corrected chi connectivity index (χ3v) is 6.19. The Morgan fingerprint density at radius 3 is 2.27 bits per heavy atom. The second-order valence-corrected chi connectivity index (χ2v) is 7.95. The molecule has 0 heterocycles. The van der Waals surface area contributed by atoms with E-state index >= 15 is 0 Å². The van der Waals surface area contributed by atoms with Gasteiger partial charge in [-0.1, -0.05) is 69.2 Å². The molecule has 1 aliphatic carbocycles. The minimum absolute atomic E-state index is 0.220. The van der Waals surface area contributed by atoms with Gasteiger partial charge >= 0.3 is 0 Å². The SMILES string of the molecule is CCCC1CCC(c2ccc(-c3ccc(CCO)cc3CC)cc2)CC1. The highest BCUT2D eigenvalue weighted by Crippen LogP contribution is 2.38. The molecule has 1 nitrogen and oxygen atoms in total. The molecule has 0 spiro atoms. The van der Waals surface area contributed by atoms with Gasteiger partial charge in [0.2, 0.25) is 0 Å². The Balaban J connectivity index is 1.72. The normalized spacial score (nSPS) is 20.3. The maximum absolute atomic E-state index is 9.17. The van der Waals surface area contributed by atoms with Crippen LogP contribution in [-0.2, 0) is 12.8 Å². The molecule has 3 rings (SSSR count). The van der Waals surface area contributed by atoms with Crippen molar-refractivity contribution >= 4 is 0 Å². The van der Waals surface area contributed by atoms with E-state index in [0.29, 0.717) is 0 Å². The Kier molecular flexibility index (Phi) is 6.91. The molecule has 1 N–H and O–H groups in total. The van der Waals surface area contributed by atoms with E-state index in [0.717, 1.165) is 24.7 Å². The Morgan fingerprint density at radius 1 is 0.923 bits per heavy atom. The van der Waals surface area contributed by atoms with E-state index in [1.807, 2.05) is 0 Å². The van der Waals surface area contributed by atoms with Crippen LogP contribution >= 0.6 is 0 Å². The van der Waals surface area contributed by atoms with Crippen LogP contribution in [0.25, 0.3) is 11.1 Å². The van der Waals surface area contributed by atoms with Gasteiger partial charge in [-0.15, -0.1) is 0 Å². The number of hydrogen-bond donors (Lipinski definition) is 1. The predicted molar refractivity (Wildman–Crippen MR) is 112 cm³/mol. The van der Waals surface area contributed by atoms with Gasteiger partial charge in [0.25, 0.3) is 0 Å². The Hall–Kier alpha value is -1.60. The number of aliphatic hydroxyl groups is 1. The number of aliphatic hydroxyl groups excluding tert-OH is 1. The molecule has 0 radical (unpaired) electrons. The lowest BCUT2D eigenvalue weighted by Gasteiger charge is -2.28. The summed E-state index contributed by atoms with van der Waals surface area (Å²) in [5.41, 5.74) is 6.80. The van der Waals surface area contributed by atoms with Crippen molar-refractivity contribution < 1.29 is 5.11 Å². The first kappa shape index (κ1) is 19.2. The molecule has 0 aliphatic heterocycles. The van der Waals surface area contributed by atoms with Crippen LogP contribution in [-0.4, -0.2) is 11.7 Å². The van der Waals surface area contributed by atoms with E-state index in [1.165, 1.54) is 66.3 Å². The topological polar surface area (TPSA) is 20.2 Å². The zero-order valence-corrected chi connectivity index (χ0v) is 16.5. The van der Waals surface area contributed by atoms with Gasteiger partial charge in [-0.05, 0) is 78.2 Å². The number of benzene rings is 2. The molecule has 1 saturated carbocycles. The molecule has 0 atom stereocenters. The molecule has 26 heavy (non-hydrogen) atoms. The molecule has 1 aliphatic rings. The van der Waals surface area contributed by atoms with E-state index in [2.05, 4.69) is 56.3 Å². The predicted octanol–water partition coefficient (Wildman–Crippen LogP) is 6.52. The van der Waals surface area contributed by atoms with E-state index in [1.54, 1.807) is 0 Å². The molecular weight excluding hydrogens is 316 g/mol. The Morgan fingerprint density at radius 2 is 1.65 bits per heavy atom. The summed E-state index contributed by atoms with van der Waals surface area (Å²) in [4.78, 5) is 0. The maximum Gasteiger partial charge on any atom is 0.0471 e. The van der Waals surface area contributed by atoms with Gasteiger partial charge < -0.3 is 5.11 Å². The average Bonchev–Trinajstić information content (AvgIpc) is 2.69. The summed E-state index contributed by atoms with van der Waals surface area (Å²) in [6, 6.07) is 16.0. The standard InChI is InChI=1S/C25H34O/c1-3-5-19-6-9-22(10-7-19)23-11-13-24(14-12-23)25-15-8-20(16-17-26)18-21(25)4-2/h8,11-15,18-19,22,26H,3-7,9-10,16-17H2,1-2H3. The van der Waals surface area contributed by atoms with Crippen molar-refractivity contribution in [2.45, 2.75) is 71.1 Å². The largest absolute Gasteiger partial charge is 0.396 e. The maximum atomic E-state index is 9.17. The van der Waals surface area contributed by atoms with E-state index < -0.39 is 0 Å². The average molecular weight is 351 g/mol. The highest BCUT2D eigenvalue weighted by atomic mass is 16.2. The summed E-state index contributed by atoms with van der Waals surface area (Å²) in [6.45, 7) is 4.74. The quantitative estimate of drug-likeness (QED) is 0.602. The minimum Gasteiger partial charge on any atom is -0.396 e. The van der Waals surface area contributed by atoms with Crippen LogP contribution in [0.3, 0.4) is 0 Å². The molecule has 0 saturated heterocycles. The molecule has 0 bridgehead atoms. The van der Waals surface area contributed by atoms with Crippen molar-refractivity contribution in [2.75, 3.05) is 6.61 Å². The highest BCUT2D eigenvalue weighted by Gasteiger charge is 2.21. The van der Waals surface area contributed by atoms with Crippen molar-refractivity contribution in [3.8, 4) is 11.1 Å². The Bertz CT molecular complexity index is 678. The van der Waals surface area contributed by atoms with Gasteiger partial charge in [-0.3, -0.25) is 0 Å². The first-order chi connectivity index (χ1) is 12.7. The zero-order chi connectivity index (χ0) is 18.4. The number of hydrogen-bond acceptors (Lipinski definition) is 1. The lowest BCUT2D eigenvalue weighted by molar-refractivity contribution is 0.299. The van der Waals surface area contributed by atoms with Crippen LogP contribution in [0.4, 0.5) is 0 Å². The Labute approximate surface area is 159 Å². The van der Waals surface area contributed by atoms with Gasteiger partial charge in [0, 0.05) is 6.61 Å². The molecule has 1 fully saturated rings. The van der Waals surface area contributed by atoms with Crippen molar-refractivity contribution in [1.29, 1.82) is 0 Å². The monoisotopic (exact) mass is 350 g/mol. The van der Waals surface area contributed by atoms with Crippen LogP contribution in [0.2, 0.25) is 0 Å². The van der Waals surface area contributed by atoms with Gasteiger partial charge in [-0.25, -0.2) is 0 Å². The summed E-state index contributed by atoms with van der Waals surface area (Å²) in [5, 5.41) is 9.17. The minimum atomic E-state index is 0.220. The summed E-state index contributed by atoms with van der Waals surface area (Å²) >= 11 is 0. The summed E-state index contributed by atoms with van der Waals surface area (Å²) in [7, 11) is 0. The third kappa shape index (κ3) is 4.57. The second kappa shape index (κ2) is 9.37. The van der Waals surface area contributed by atoms with E-state index in [9.17, 15) is 5.11 Å². The summed E-state index contributed by atoms with van der Waals surface area (Å²) < 4.78 is 0. The molecule has 2 aromatic carbocycles. The first-order valence-electron chi connectivity index (χ1n) is 10.6. The van der Waals surface area contributed by atoms with Crippen molar-refractivity contribution in [3.05, 3.63) is 59.2 Å². The van der Waals surface area contributed by atoms with Gasteiger partial charge in [0.15, 0.2) is 0 Å². The van der Waals surface area contributed by atoms with Crippen LogP contribution < -0.4 is 0 Å². The van der Waals surface area contributed by atoms with Gasteiger partial charge in [0.1, 0.15) is 0 Å². The van der Waals surface area contributed by atoms with Gasteiger partial charge in [-0.2, -0.15) is 0 Å². The van der Waals surface area contributed by atoms with E-state index in [-0.39, 0.29) is 6.61 Å². The third-order valence-electron chi connectivity index (χ3n) is 6.19. The lowest BCUT2D eigenvalue weighted by Crippen LogP contribution is -2.13. The molecule has 0 unspecified atom stereocenters. The molecular formula is C25H34O. The van der Waals surface area contributed by atoms with Crippen molar-refractivity contribution in [3.63, 3.8) is 0 Å². The summed E-state index contributed by atoms with van der Waals surface area (Å²) in [5.74, 6) is 1.73. The smallest absolute Gasteiger partial charge is 0.0471 e. The van der Waals surface area contributed by atoms with Crippen molar-refractivity contribution in [2.24, 2.45) is 5.92 Å². The number of rotatable bonds is 7. The van der Waals surface area contributed by atoms with Crippen molar-refractivity contribution in [1.82, 2.24) is 0 Å². The van der Waals surface area contributed by atoms with Crippen LogP contribution in [0.5, 0.6) is 0 Å². The molecule has 140 valence electrons. The van der Waals surface area contributed by atoms with Crippen LogP contribution in [0, 0.1) is 5.92 Å². The zero-order valence-electron chi connectivity index (χ0n) is 16.5. The fourth-order valence-electron chi connectivity index (χ4n) is 4.63. The number of aryl methyl sites for hydroxylation is 1. The molecule has 2 aromatic rings. The lowest BCUT2D eigenvalue weighted by atomic mass is 9.77. The van der Waals surface area contributed by atoms with Crippen LogP contribution in [0.15, 0.2) is 42.5 Å². The molecule has 1 heteroatoms. The fourth-order valence-corrected chi connectivity index (χ4v) is 4.63. The molecule has 0 amide bonds. The second-order valence-electron chi connectivity index (χ2n) is 7.95. The van der Waals surface area contributed by atoms with Crippen LogP contribution in [0.1, 0.15) is 75.0 Å². The van der Waals surface area contributed by atoms with Gasteiger partial charge in [0.05, 0.1) is 0 Å². The molecule has 0 aromatic heterocycles. The summed E-state index contributed by atoms with van der Waals surface area (Å²) in [6.07, 6.45) is 10.1.